The Morgan fingerprint density at radius 3 is 2.63 bits per heavy atom. The molecule has 0 bridgehead atoms. The van der Waals surface area contributed by atoms with Crippen LogP contribution in [0.3, 0.4) is 0 Å². The predicted molar refractivity (Wildman–Crippen MR) is 75.2 cm³/mol. The van der Waals surface area contributed by atoms with Gasteiger partial charge in [0.25, 0.3) is 0 Å². The number of ether oxygens (including phenoxy) is 1. The zero-order chi connectivity index (χ0) is 13.5. The van der Waals surface area contributed by atoms with Crippen molar-refractivity contribution in [2.75, 3.05) is 6.61 Å². The van der Waals surface area contributed by atoms with E-state index in [1.807, 2.05) is 25.3 Å². The van der Waals surface area contributed by atoms with Gasteiger partial charge in [0.15, 0.2) is 0 Å². The number of hydrogen-bond donors (Lipinski definition) is 1. The smallest absolute Gasteiger partial charge is 0.354 e. The molecule has 0 aliphatic carbocycles. The molecule has 1 heterocycles. The van der Waals surface area contributed by atoms with Gasteiger partial charge in [0, 0.05) is 6.20 Å². The molecule has 1 N–H and O–H groups in total. The first-order valence-electron chi connectivity index (χ1n) is 6.68. The maximum absolute atomic E-state index is 11.5. The lowest BCUT2D eigenvalue weighted by atomic mass is 10.1. The van der Waals surface area contributed by atoms with Crippen molar-refractivity contribution in [3.8, 4) is 0 Å². The highest BCUT2D eigenvalue weighted by Crippen LogP contribution is 2.10. The zero-order valence-electron chi connectivity index (χ0n) is 11.2. The molecule has 100 valence electrons. The molecule has 0 saturated heterocycles. The van der Waals surface area contributed by atoms with Gasteiger partial charge in [0.05, 0.1) is 6.61 Å². The Hall–Kier alpha value is -2.03. The van der Waals surface area contributed by atoms with E-state index in [1.54, 1.807) is 0 Å². The summed E-state index contributed by atoms with van der Waals surface area (Å²) in [5.41, 5.74) is 3.04. The average molecular weight is 257 g/mol. The number of carbonyl (C=O) groups is 1. The van der Waals surface area contributed by atoms with Crippen molar-refractivity contribution in [3.63, 3.8) is 0 Å². The minimum absolute atomic E-state index is 0.281. The van der Waals surface area contributed by atoms with Crippen molar-refractivity contribution in [3.05, 3.63) is 59.4 Å². The molecule has 0 unspecified atom stereocenters. The van der Waals surface area contributed by atoms with Gasteiger partial charge in [0.1, 0.15) is 5.69 Å². The fourth-order valence-corrected chi connectivity index (χ4v) is 2.05. The van der Waals surface area contributed by atoms with Gasteiger partial charge < -0.3 is 9.72 Å². The van der Waals surface area contributed by atoms with Gasteiger partial charge in [-0.3, -0.25) is 0 Å². The van der Waals surface area contributed by atoms with Crippen LogP contribution in [0.1, 0.15) is 35.0 Å². The Balaban J connectivity index is 1.82. The number of benzene rings is 1. The molecule has 0 aliphatic heterocycles. The van der Waals surface area contributed by atoms with E-state index in [4.69, 9.17) is 4.74 Å². The van der Waals surface area contributed by atoms with Crippen molar-refractivity contribution in [2.24, 2.45) is 0 Å². The molecule has 2 rings (SSSR count). The van der Waals surface area contributed by atoms with E-state index in [1.165, 1.54) is 5.56 Å². The second-order valence-corrected chi connectivity index (χ2v) is 4.48. The largest absolute Gasteiger partial charge is 0.461 e. The molecule has 0 spiro atoms. The third kappa shape index (κ3) is 3.98. The summed E-state index contributed by atoms with van der Waals surface area (Å²) in [5, 5.41) is 0. The summed E-state index contributed by atoms with van der Waals surface area (Å²) in [4.78, 5) is 14.5. The van der Waals surface area contributed by atoms with Crippen molar-refractivity contribution in [1.29, 1.82) is 0 Å². The third-order valence-corrected chi connectivity index (χ3v) is 3.01. The van der Waals surface area contributed by atoms with Crippen LogP contribution in [0.4, 0.5) is 0 Å². The Labute approximate surface area is 113 Å². The number of aryl methyl sites for hydroxylation is 2. The summed E-state index contributed by atoms with van der Waals surface area (Å²) in [6, 6.07) is 12.3. The molecule has 0 radical (unpaired) electrons. The van der Waals surface area contributed by atoms with Gasteiger partial charge >= 0.3 is 5.97 Å². The van der Waals surface area contributed by atoms with E-state index in [0.717, 1.165) is 24.8 Å². The Bertz CT molecular complexity index is 517. The summed E-state index contributed by atoms with van der Waals surface area (Å²) in [6.45, 7) is 2.21. The highest BCUT2D eigenvalue weighted by Gasteiger charge is 2.08. The van der Waals surface area contributed by atoms with Crippen LogP contribution in [0.5, 0.6) is 0 Å². The summed E-state index contributed by atoms with van der Waals surface area (Å²) in [5.74, 6) is -0.281. The zero-order valence-corrected chi connectivity index (χ0v) is 11.2. The standard InChI is InChI=1S/C16H19NO2/c1-2-19-16(18)15-11-14(12-17-15)10-6-9-13-7-4-3-5-8-13/h3-5,7-8,11-12,17H,2,6,9-10H2,1H3. The maximum Gasteiger partial charge on any atom is 0.354 e. The number of esters is 1. The fourth-order valence-electron chi connectivity index (χ4n) is 2.05. The minimum atomic E-state index is -0.281. The molecular weight excluding hydrogens is 238 g/mol. The molecule has 0 fully saturated rings. The summed E-state index contributed by atoms with van der Waals surface area (Å²) in [7, 11) is 0. The molecule has 0 atom stereocenters. The predicted octanol–water partition coefficient (Wildman–Crippen LogP) is 3.37. The number of hydrogen-bond acceptors (Lipinski definition) is 2. The molecule has 3 heteroatoms. The monoisotopic (exact) mass is 257 g/mol. The molecule has 3 nitrogen and oxygen atoms in total. The Morgan fingerprint density at radius 2 is 1.89 bits per heavy atom. The summed E-state index contributed by atoms with van der Waals surface area (Å²) in [6.07, 6.45) is 4.98. The van der Waals surface area contributed by atoms with Gasteiger partial charge in [-0.15, -0.1) is 0 Å². The van der Waals surface area contributed by atoms with E-state index >= 15 is 0 Å². The Kier molecular flexibility index (Phi) is 4.78. The lowest BCUT2D eigenvalue weighted by Gasteiger charge is -2.00. The number of carbonyl (C=O) groups excluding carboxylic acids is 1. The summed E-state index contributed by atoms with van der Waals surface area (Å²) >= 11 is 0. The van der Waals surface area contributed by atoms with Crippen LogP contribution in [0.2, 0.25) is 0 Å². The second-order valence-electron chi connectivity index (χ2n) is 4.48. The van der Waals surface area contributed by atoms with Crippen LogP contribution >= 0.6 is 0 Å². The first-order valence-corrected chi connectivity index (χ1v) is 6.68. The van der Waals surface area contributed by atoms with E-state index in [-0.39, 0.29) is 5.97 Å². The van der Waals surface area contributed by atoms with E-state index < -0.39 is 0 Å². The van der Waals surface area contributed by atoms with Crippen LogP contribution in [0.15, 0.2) is 42.6 Å². The number of aromatic nitrogens is 1. The SMILES string of the molecule is CCOC(=O)c1cc(CCCc2ccccc2)c[nH]1. The van der Waals surface area contributed by atoms with Crippen molar-refractivity contribution >= 4 is 5.97 Å². The minimum Gasteiger partial charge on any atom is -0.461 e. The van der Waals surface area contributed by atoms with E-state index in [9.17, 15) is 4.79 Å². The Morgan fingerprint density at radius 1 is 1.16 bits per heavy atom. The average Bonchev–Trinajstić information content (AvgIpc) is 2.89. The van der Waals surface area contributed by atoms with Crippen LogP contribution in [0, 0.1) is 0 Å². The molecular formula is C16H19NO2. The molecule has 1 aromatic carbocycles. The number of H-pyrrole nitrogens is 1. The second kappa shape index (κ2) is 6.78. The van der Waals surface area contributed by atoms with Gasteiger partial charge in [-0.25, -0.2) is 4.79 Å². The van der Waals surface area contributed by atoms with E-state index in [2.05, 4.69) is 29.2 Å². The van der Waals surface area contributed by atoms with Gasteiger partial charge in [-0.2, -0.15) is 0 Å². The number of rotatable bonds is 6. The fraction of sp³-hybridized carbons (Fsp3) is 0.312. The van der Waals surface area contributed by atoms with Crippen LogP contribution in [0.25, 0.3) is 0 Å². The molecule has 2 aromatic rings. The number of nitrogens with one attached hydrogen (secondary N) is 1. The van der Waals surface area contributed by atoms with Crippen LogP contribution in [-0.4, -0.2) is 17.6 Å². The normalized spacial score (nSPS) is 10.4. The number of aromatic amines is 1. The maximum atomic E-state index is 11.5. The lowest BCUT2D eigenvalue weighted by molar-refractivity contribution is 0.0520. The van der Waals surface area contributed by atoms with Gasteiger partial charge in [0.2, 0.25) is 0 Å². The molecule has 0 saturated carbocycles. The van der Waals surface area contributed by atoms with Crippen molar-refractivity contribution in [1.82, 2.24) is 4.98 Å². The van der Waals surface area contributed by atoms with E-state index in [0.29, 0.717) is 12.3 Å². The van der Waals surface area contributed by atoms with Gasteiger partial charge in [-0.1, -0.05) is 30.3 Å². The molecule has 19 heavy (non-hydrogen) atoms. The first kappa shape index (κ1) is 13.4. The molecule has 0 amide bonds. The highest BCUT2D eigenvalue weighted by atomic mass is 16.5. The topological polar surface area (TPSA) is 42.1 Å². The summed E-state index contributed by atoms with van der Waals surface area (Å²) < 4.78 is 4.94. The third-order valence-electron chi connectivity index (χ3n) is 3.01. The van der Waals surface area contributed by atoms with Crippen molar-refractivity contribution in [2.45, 2.75) is 26.2 Å². The highest BCUT2D eigenvalue weighted by molar-refractivity contribution is 5.87. The molecule has 1 aromatic heterocycles. The lowest BCUT2D eigenvalue weighted by Crippen LogP contribution is -2.04. The first-order chi connectivity index (χ1) is 9.29. The van der Waals surface area contributed by atoms with Gasteiger partial charge in [-0.05, 0) is 43.4 Å². The van der Waals surface area contributed by atoms with Crippen molar-refractivity contribution < 1.29 is 9.53 Å². The van der Waals surface area contributed by atoms with Crippen LogP contribution in [-0.2, 0) is 17.6 Å². The quantitative estimate of drug-likeness (QED) is 0.806. The molecule has 0 aliphatic rings. The van der Waals surface area contributed by atoms with Crippen LogP contribution < -0.4 is 0 Å².